The monoisotopic (exact) mass is 250 g/mol. The molecule has 1 N–H and O–H groups in total. The molecule has 0 saturated carbocycles. The average Bonchev–Trinajstić information content (AvgIpc) is 2.83. The van der Waals surface area contributed by atoms with E-state index in [2.05, 4.69) is 0 Å². The van der Waals surface area contributed by atoms with Crippen molar-refractivity contribution in [3.63, 3.8) is 0 Å². The minimum atomic E-state index is -0.924. The van der Waals surface area contributed by atoms with Crippen LogP contribution in [0.4, 0.5) is 0 Å². The van der Waals surface area contributed by atoms with Gasteiger partial charge in [-0.2, -0.15) is 0 Å². The Balaban J connectivity index is 2.26. The number of aliphatic hydroxyl groups is 1. The third-order valence-electron chi connectivity index (χ3n) is 2.90. The topological polar surface area (TPSA) is 33.4 Å². The predicted octanol–water partition coefficient (Wildman–Crippen LogP) is 3.34. The van der Waals surface area contributed by atoms with Crippen LogP contribution in [-0.4, -0.2) is 11.0 Å². The number of alkyl halides is 1. The van der Waals surface area contributed by atoms with Crippen LogP contribution in [0, 0.1) is 0 Å². The van der Waals surface area contributed by atoms with Gasteiger partial charge in [-0.05, 0) is 23.6 Å². The first kappa shape index (κ1) is 12.2. The van der Waals surface area contributed by atoms with E-state index < -0.39 is 5.60 Å². The predicted molar refractivity (Wildman–Crippen MR) is 68.1 cm³/mol. The first-order valence-corrected chi connectivity index (χ1v) is 6.13. The molecule has 1 heterocycles. The average molecular weight is 251 g/mol. The van der Waals surface area contributed by atoms with Gasteiger partial charge in [0.05, 0.1) is 18.1 Å². The standard InChI is InChI=1S/C14H15ClO2/c15-8-7-14(16,10-12-6-9-17-11-12)13-4-2-1-3-5-13/h1-6,9,11,16H,7-8,10H2. The molecule has 0 aliphatic rings. The fourth-order valence-corrected chi connectivity index (χ4v) is 2.28. The third-order valence-corrected chi connectivity index (χ3v) is 3.08. The molecule has 0 radical (unpaired) electrons. The quantitative estimate of drug-likeness (QED) is 0.826. The van der Waals surface area contributed by atoms with Gasteiger partial charge in [0, 0.05) is 12.3 Å². The highest BCUT2D eigenvalue weighted by molar-refractivity contribution is 6.17. The van der Waals surface area contributed by atoms with E-state index in [-0.39, 0.29) is 0 Å². The Morgan fingerprint density at radius 1 is 1.18 bits per heavy atom. The first-order valence-electron chi connectivity index (χ1n) is 5.59. The summed E-state index contributed by atoms with van der Waals surface area (Å²) in [7, 11) is 0. The first-order chi connectivity index (χ1) is 8.24. The number of hydrogen-bond donors (Lipinski definition) is 1. The lowest BCUT2D eigenvalue weighted by Crippen LogP contribution is -2.29. The van der Waals surface area contributed by atoms with Gasteiger partial charge >= 0.3 is 0 Å². The lowest BCUT2D eigenvalue weighted by atomic mass is 9.86. The molecule has 0 aliphatic carbocycles. The molecule has 2 nitrogen and oxygen atoms in total. The fourth-order valence-electron chi connectivity index (χ4n) is 1.97. The molecule has 0 bridgehead atoms. The highest BCUT2D eigenvalue weighted by Gasteiger charge is 2.29. The SMILES string of the molecule is OC(CCCl)(Cc1ccoc1)c1ccccc1. The van der Waals surface area contributed by atoms with Gasteiger partial charge in [-0.15, -0.1) is 11.6 Å². The normalized spacial score (nSPS) is 14.5. The van der Waals surface area contributed by atoms with Crippen LogP contribution in [0.5, 0.6) is 0 Å². The maximum atomic E-state index is 10.7. The molecule has 0 aliphatic heterocycles. The molecule has 0 amide bonds. The van der Waals surface area contributed by atoms with Crippen LogP contribution in [0.25, 0.3) is 0 Å². The van der Waals surface area contributed by atoms with Crippen LogP contribution in [-0.2, 0) is 12.0 Å². The maximum absolute atomic E-state index is 10.7. The van der Waals surface area contributed by atoms with Crippen molar-refractivity contribution in [2.75, 3.05) is 5.88 Å². The third kappa shape index (κ3) is 2.90. The van der Waals surface area contributed by atoms with Crippen LogP contribution >= 0.6 is 11.6 Å². The van der Waals surface area contributed by atoms with Crippen molar-refractivity contribution in [2.24, 2.45) is 0 Å². The second-order valence-corrected chi connectivity index (χ2v) is 4.52. The van der Waals surface area contributed by atoms with Crippen LogP contribution in [0.15, 0.2) is 53.3 Å². The second-order valence-electron chi connectivity index (χ2n) is 4.14. The van der Waals surface area contributed by atoms with E-state index in [4.69, 9.17) is 16.0 Å². The summed E-state index contributed by atoms with van der Waals surface area (Å²) < 4.78 is 5.03. The Morgan fingerprint density at radius 3 is 2.53 bits per heavy atom. The summed E-state index contributed by atoms with van der Waals surface area (Å²) in [6.45, 7) is 0. The summed E-state index contributed by atoms with van der Waals surface area (Å²) in [6.07, 6.45) is 4.30. The fraction of sp³-hybridized carbons (Fsp3) is 0.286. The Bertz CT molecular complexity index is 439. The molecule has 1 atom stereocenters. The lowest BCUT2D eigenvalue weighted by molar-refractivity contribution is 0.0335. The number of benzene rings is 1. The highest BCUT2D eigenvalue weighted by atomic mass is 35.5. The van der Waals surface area contributed by atoms with Crippen molar-refractivity contribution in [3.05, 3.63) is 60.1 Å². The zero-order chi connectivity index (χ0) is 12.1. The van der Waals surface area contributed by atoms with Gasteiger partial charge < -0.3 is 9.52 Å². The van der Waals surface area contributed by atoms with Gasteiger partial charge in [0.2, 0.25) is 0 Å². The van der Waals surface area contributed by atoms with Crippen molar-refractivity contribution in [3.8, 4) is 0 Å². The molecule has 2 aromatic rings. The maximum Gasteiger partial charge on any atom is 0.0949 e. The van der Waals surface area contributed by atoms with Crippen LogP contribution in [0.2, 0.25) is 0 Å². The van der Waals surface area contributed by atoms with Crippen LogP contribution in [0.1, 0.15) is 17.5 Å². The second kappa shape index (κ2) is 5.39. The molecular weight excluding hydrogens is 236 g/mol. The van der Waals surface area contributed by atoms with E-state index in [0.717, 1.165) is 11.1 Å². The highest BCUT2D eigenvalue weighted by Crippen LogP contribution is 2.29. The Kier molecular flexibility index (Phi) is 3.87. The molecule has 3 heteroatoms. The van der Waals surface area contributed by atoms with Gasteiger partial charge in [-0.3, -0.25) is 0 Å². The minimum absolute atomic E-state index is 0.420. The van der Waals surface area contributed by atoms with E-state index in [1.165, 1.54) is 0 Å². The van der Waals surface area contributed by atoms with Crippen molar-refractivity contribution in [2.45, 2.75) is 18.4 Å². The molecule has 1 aromatic carbocycles. The summed E-state index contributed by atoms with van der Waals surface area (Å²) in [5.74, 6) is 0.420. The molecular formula is C14H15ClO2. The van der Waals surface area contributed by atoms with Crippen molar-refractivity contribution < 1.29 is 9.52 Å². The number of hydrogen-bond acceptors (Lipinski definition) is 2. The Hall–Kier alpha value is -1.25. The minimum Gasteiger partial charge on any atom is -0.472 e. The molecule has 90 valence electrons. The van der Waals surface area contributed by atoms with Crippen molar-refractivity contribution >= 4 is 11.6 Å². The van der Waals surface area contributed by atoms with E-state index in [1.54, 1.807) is 12.5 Å². The van der Waals surface area contributed by atoms with E-state index in [0.29, 0.717) is 18.7 Å². The summed E-state index contributed by atoms with van der Waals surface area (Å²) in [4.78, 5) is 0. The largest absolute Gasteiger partial charge is 0.472 e. The van der Waals surface area contributed by atoms with Gasteiger partial charge in [0.15, 0.2) is 0 Å². The molecule has 0 fully saturated rings. The number of rotatable bonds is 5. The summed E-state index contributed by atoms with van der Waals surface area (Å²) in [5.41, 5.74) is 0.940. The van der Waals surface area contributed by atoms with Gasteiger partial charge in [-0.1, -0.05) is 30.3 Å². The van der Waals surface area contributed by atoms with Gasteiger partial charge in [0.25, 0.3) is 0 Å². The number of furan rings is 1. The molecule has 0 spiro atoms. The molecule has 17 heavy (non-hydrogen) atoms. The zero-order valence-electron chi connectivity index (χ0n) is 9.47. The Labute approximate surface area is 106 Å². The van der Waals surface area contributed by atoms with E-state index >= 15 is 0 Å². The van der Waals surface area contributed by atoms with Crippen molar-refractivity contribution in [1.82, 2.24) is 0 Å². The van der Waals surface area contributed by atoms with Crippen LogP contribution in [0.3, 0.4) is 0 Å². The van der Waals surface area contributed by atoms with Gasteiger partial charge in [-0.25, -0.2) is 0 Å². The molecule has 0 saturated heterocycles. The number of halogens is 1. The summed E-state index contributed by atoms with van der Waals surface area (Å²) >= 11 is 5.79. The summed E-state index contributed by atoms with van der Waals surface area (Å²) in [6, 6.07) is 11.5. The molecule has 1 aromatic heterocycles. The smallest absolute Gasteiger partial charge is 0.0949 e. The van der Waals surface area contributed by atoms with Gasteiger partial charge in [0.1, 0.15) is 0 Å². The summed E-state index contributed by atoms with van der Waals surface area (Å²) in [5, 5.41) is 10.7. The van der Waals surface area contributed by atoms with E-state index in [9.17, 15) is 5.11 Å². The molecule has 1 unspecified atom stereocenters. The van der Waals surface area contributed by atoms with E-state index in [1.807, 2.05) is 36.4 Å². The Morgan fingerprint density at radius 2 is 1.94 bits per heavy atom. The van der Waals surface area contributed by atoms with Crippen LogP contribution < -0.4 is 0 Å². The zero-order valence-corrected chi connectivity index (χ0v) is 10.2. The lowest BCUT2D eigenvalue weighted by Gasteiger charge is -2.27. The molecule has 2 rings (SSSR count). The van der Waals surface area contributed by atoms with Crippen molar-refractivity contribution in [1.29, 1.82) is 0 Å².